The molecule has 2 rings (SSSR count). The molecule has 0 bridgehead atoms. The molecular formula is C13H19ClN2O2S. The summed E-state index contributed by atoms with van der Waals surface area (Å²) >= 11 is 6.02. The first kappa shape index (κ1) is 14.6. The van der Waals surface area contributed by atoms with Gasteiger partial charge in [0.1, 0.15) is 4.90 Å². The van der Waals surface area contributed by atoms with Crippen molar-refractivity contribution in [2.75, 3.05) is 12.3 Å². The number of hydrogen-bond donors (Lipinski definition) is 1. The molecular weight excluding hydrogens is 284 g/mol. The van der Waals surface area contributed by atoms with Crippen LogP contribution in [0.3, 0.4) is 0 Å². The third-order valence-corrected chi connectivity index (χ3v) is 6.33. The van der Waals surface area contributed by atoms with Crippen molar-refractivity contribution in [2.24, 2.45) is 5.92 Å². The van der Waals surface area contributed by atoms with Crippen LogP contribution in [-0.4, -0.2) is 25.3 Å². The van der Waals surface area contributed by atoms with Crippen LogP contribution in [-0.2, 0) is 10.0 Å². The van der Waals surface area contributed by atoms with Crippen molar-refractivity contribution in [3.05, 3.63) is 23.2 Å². The van der Waals surface area contributed by atoms with Gasteiger partial charge < -0.3 is 5.73 Å². The minimum atomic E-state index is -3.58. The molecule has 2 unspecified atom stereocenters. The standard InChI is InChI=1S/C13H19ClN2O2S/c1-9-4-3-7-16(10(9)2)19(17,18)13-8-11(15)5-6-12(13)14/h5-6,8-10H,3-4,7,15H2,1-2H3. The van der Waals surface area contributed by atoms with Gasteiger partial charge in [-0.3, -0.25) is 0 Å². The zero-order valence-corrected chi connectivity index (χ0v) is 12.7. The number of nitrogens with two attached hydrogens (primary N) is 1. The Morgan fingerprint density at radius 2 is 2.05 bits per heavy atom. The van der Waals surface area contributed by atoms with Crippen LogP contribution in [0.1, 0.15) is 26.7 Å². The van der Waals surface area contributed by atoms with E-state index in [9.17, 15) is 8.42 Å². The number of nitrogens with zero attached hydrogens (tertiary/aromatic N) is 1. The van der Waals surface area contributed by atoms with Gasteiger partial charge in [0.2, 0.25) is 10.0 Å². The lowest BCUT2D eigenvalue weighted by molar-refractivity contribution is 0.202. The minimum Gasteiger partial charge on any atom is -0.399 e. The molecule has 2 N–H and O–H groups in total. The Morgan fingerprint density at radius 3 is 2.74 bits per heavy atom. The molecule has 0 aliphatic carbocycles. The number of nitrogen functional groups attached to an aromatic ring is 1. The molecule has 0 radical (unpaired) electrons. The molecule has 2 atom stereocenters. The summed E-state index contributed by atoms with van der Waals surface area (Å²) in [5.74, 6) is 0.350. The molecule has 0 aromatic heterocycles. The average Bonchev–Trinajstić information content (AvgIpc) is 2.35. The molecule has 1 heterocycles. The van der Waals surface area contributed by atoms with Crippen LogP contribution in [0.25, 0.3) is 0 Å². The Kier molecular flexibility index (Phi) is 4.08. The molecule has 106 valence electrons. The number of rotatable bonds is 2. The van der Waals surface area contributed by atoms with Crippen LogP contribution in [0.2, 0.25) is 5.02 Å². The summed E-state index contributed by atoms with van der Waals surface area (Å²) in [6.07, 6.45) is 1.93. The molecule has 0 spiro atoms. The number of sulfonamides is 1. The smallest absolute Gasteiger partial charge is 0.244 e. The number of anilines is 1. The topological polar surface area (TPSA) is 63.4 Å². The van der Waals surface area contributed by atoms with Gasteiger partial charge in [-0.1, -0.05) is 18.5 Å². The van der Waals surface area contributed by atoms with Crippen molar-refractivity contribution in [1.82, 2.24) is 4.31 Å². The summed E-state index contributed by atoms with van der Waals surface area (Å²) in [5.41, 5.74) is 6.08. The Morgan fingerprint density at radius 1 is 1.37 bits per heavy atom. The normalized spacial score (nSPS) is 25.4. The van der Waals surface area contributed by atoms with Crippen molar-refractivity contribution in [3.8, 4) is 0 Å². The average molecular weight is 303 g/mol. The fraction of sp³-hybridized carbons (Fsp3) is 0.538. The predicted molar refractivity (Wildman–Crippen MR) is 77.6 cm³/mol. The quantitative estimate of drug-likeness (QED) is 0.854. The lowest BCUT2D eigenvalue weighted by atomic mass is 9.94. The highest BCUT2D eigenvalue weighted by molar-refractivity contribution is 7.89. The van der Waals surface area contributed by atoms with Gasteiger partial charge in [0, 0.05) is 18.3 Å². The summed E-state index contributed by atoms with van der Waals surface area (Å²) in [6, 6.07) is 4.55. The molecule has 1 aliphatic heterocycles. The van der Waals surface area contributed by atoms with Gasteiger partial charge >= 0.3 is 0 Å². The number of piperidine rings is 1. The fourth-order valence-electron chi connectivity index (χ4n) is 2.48. The Hall–Kier alpha value is -0.780. The van der Waals surface area contributed by atoms with Gasteiger partial charge in [-0.05, 0) is 43.9 Å². The summed E-state index contributed by atoms with van der Waals surface area (Å²) < 4.78 is 26.9. The highest BCUT2D eigenvalue weighted by Gasteiger charge is 2.35. The van der Waals surface area contributed by atoms with E-state index in [4.69, 9.17) is 17.3 Å². The van der Waals surface area contributed by atoms with Crippen molar-refractivity contribution in [3.63, 3.8) is 0 Å². The lowest BCUT2D eigenvalue weighted by Gasteiger charge is -2.36. The monoisotopic (exact) mass is 302 g/mol. The first-order chi connectivity index (χ1) is 8.84. The van der Waals surface area contributed by atoms with Gasteiger partial charge in [0.25, 0.3) is 0 Å². The van der Waals surface area contributed by atoms with Crippen LogP contribution in [0, 0.1) is 5.92 Å². The van der Waals surface area contributed by atoms with Gasteiger partial charge in [0.05, 0.1) is 5.02 Å². The molecule has 0 saturated carbocycles. The SMILES string of the molecule is CC1CCCN(S(=O)(=O)c2cc(N)ccc2Cl)C1C. The molecule has 1 aromatic carbocycles. The first-order valence-corrected chi connectivity index (χ1v) is 8.22. The van der Waals surface area contributed by atoms with E-state index in [0.717, 1.165) is 12.8 Å². The van der Waals surface area contributed by atoms with Crippen LogP contribution < -0.4 is 5.73 Å². The molecule has 0 amide bonds. The summed E-state index contributed by atoms with van der Waals surface area (Å²) in [5, 5.41) is 0.222. The maximum atomic E-state index is 12.7. The van der Waals surface area contributed by atoms with Gasteiger partial charge in [-0.15, -0.1) is 0 Å². The second kappa shape index (κ2) is 5.31. The third kappa shape index (κ3) is 2.73. The highest BCUT2D eigenvalue weighted by atomic mass is 35.5. The van der Waals surface area contributed by atoms with E-state index in [-0.39, 0.29) is 16.0 Å². The van der Waals surface area contributed by atoms with Crippen LogP contribution >= 0.6 is 11.6 Å². The van der Waals surface area contributed by atoms with E-state index in [1.807, 2.05) is 6.92 Å². The van der Waals surface area contributed by atoms with Gasteiger partial charge in [-0.25, -0.2) is 8.42 Å². The summed E-state index contributed by atoms with van der Waals surface area (Å²) in [4.78, 5) is 0.107. The summed E-state index contributed by atoms with van der Waals surface area (Å²) in [6.45, 7) is 4.56. The fourth-order valence-corrected chi connectivity index (χ4v) is 4.76. The third-order valence-electron chi connectivity index (χ3n) is 3.86. The lowest BCUT2D eigenvalue weighted by Crippen LogP contribution is -2.45. The minimum absolute atomic E-state index is 0.0174. The zero-order chi connectivity index (χ0) is 14.2. The molecule has 1 aliphatic rings. The van der Waals surface area contributed by atoms with E-state index >= 15 is 0 Å². The Bertz CT molecular complexity index is 574. The molecule has 6 heteroatoms. The molecule has 1 saturated heterocycles. The highest BCUT2D eigenvalue weighted by Crippen LogP contribution is 2.32. The first-order valence-electron chi connectivity index (χ1n) is 6.41. The second-order valence-corrected chi connectivity index (χ2v) is 7.43. The Labute approximate surface area is 119 Å². The second-order valence-electron chi connectivity index (χ2n) is 5.17. The van der Waals surface area contributed by atoms with Crippen molar-refractivity contribution >= 4 is 27.3 Å². The van der Waals surface area contributed by atoms with E-state index in [1.165, 1.54) is 12.1 Å². The molecule has 19 heavy (non-hydrogen) atoms. The van der Waals surface area contributed by atoms with Crippen molar-refractivity contribution in [2.45, 2.75) is 37.6 Å². The van der Waals surface area contributed by atoms with E-state index in [2.05, 4.69) is 6.92 Å². The predicted octanol–water partition coefficient (Wildman–Crippen LogP) is 2.73. The van der Waals surface area contributed by atoms with Gasteiger partial charge in [-0.2, -0.15) is 4.31 Å². The van der Waals surface area contributed by atoms with E-state index < -0.39 is 10.0 Å². The molecule has 1 fully saturated rings. The number of benzene rings is 1. The van der Waals surface area contributed by atoms with E-state index in [0.29, 0.717) is 18.2 Å². The van der Waals surface area contributed by atoms with Gasteiger partial charge in [0.15, 0.2) is 0 Å². The maximum Gasteiger partial charge on any atom is 0.244 e. The Balaban J connectivity index is 2.44. The largest absolute Gasteiger partial charge is 0.399 e. The number of halogens is 1. The van der Waals surface area contributed by atoms with Crippen LogP contribution in [0.4, 0.5) is 5.69 Å². The van der Waals surface area contributed by atoms with Crippen LogP contribution in [0.15, 0.2) is 23.1 Å². The van der Waals surface area contributed by atoms with E-state index in [1.54, 1.807) is 10.4 Å². The molecule has 1 aromatic rings. The number of hydrogen-bond acceptors (Lipinski definition) is 3. The maximum absolute atomic E-state index is 12.7. The zero-order valence-electron chi connectivity index (χ0n) is 11.1. The van der Waals surface area contributed by atoms with Crippen LogP contribution in [0.5, 0.6) is 0 Å². The van der Waals surface area contributed by atoms with Crippen molar-refractivity contribution in [1.29, 1.82) is 0 Å². The molecule has 4 nitrogen and oxygen atoms in total. The summed E-state index contributed by atoms with van der Waals surface area (Å²) in [7, 11) is -3.58. The van der Waals surface area contributed by atoms with Crippen molar-refractivity contribution < 1.29 is 8.42 Å².